The first-order valence-corrected chi connectivity index (χ1v) is 6.19. The van der Waals surface area contributed by atoms with Crippen molar-refractivity contribution in [2.75, 3.05) is 6.54 Å². The van der Waals surface area contributed by atoms with Gasteiger partial charge in [0.1, 0.15) is 5.82 Å². The molecule has 96 valence electrons. The van der Waals surface area contributed by atoms with E-state index in [1.807, 2.05) is 19.9 Å². The van der Waals surface area contributed by atoms with Crippen molar-refractivity contribution in [1.82, 2.24) is 0 Å². The van der Waals surface area contributed by atoms with E-state index in [2.05, 4.69) is 0 Å². The maximum absolute atomic E-state index is 13.7. The zero-order valence-electron chi connectivity index (χ0n) is 10.2. The first-order valence-electron chi connectivity index (χ1n) is 5.81. The molecule has 3 N–H and O–H groups in total. The van der Waals surface area contributed by atoms with E-state index >= 15 is 0 Å². The number of aryl methyl sites for hydroxylation is 1. The van der Waals surface area contributed by atoms with E-state index in [4.69, 9.17) is 17.3 Å². The van der Waals surface area contributed by atoms with Crippen molar-refractivity contribution in [3.8, 4) is 0 Å². The van der Waals surface area contributed by atoms with Crippen LogP contribution < -0.4 is 5.73 Å². The summed E-state index contributed by atoms with van der Waals surface area (Å²) in [5.74, 6) is -0.253. The summed E-state index contributed by atoms with van der Waals surface area (Å²) in [7, 11) is 0. The number of hydrogen-bond acceptors (Lipinski definition) is 2. The summed E-state index contributed by atoms with van der Waals surface area (Å²) < 4.78 is 13.7. The van der Waals surface area contributed by atoms with Gasteiger partial charge in [-0.3, -0.25) is 0 Å². The fourth-order valence-electron chi connectivity index (χ4n) is 1.68. The van der Waals surface area contributed by atoms with Crippen LogP contribution in [0.4, 0.5) is 4.39 Å². The van der Waals surface area contributed by atoms with Crippen molar-refractivity contribution < 1.29 is 9.50 Å². The molecule has 1 atom stereocenters. The third kappa shape index (κ3) is 3.95. The van der Waals surface area contributed by atoms with Crippen LogP contribution in [-0.4, -0.2) is 17.8 Å². The Labute approximate surface area is 107 Å². The normalized spacial score (nSPS) is 13.1. The molecule has 0 saturated heterocycles. The number of aliphatic hydroxyl groups is 1. The van der Waals surface area contributed by atoms with Gasteiger partial charge in [0.05, 0.1) is 11.1 Å². The number of halogens is 2. The second-order valence-electron chi connectivity index (χ2n) is 4.56. The Morgan fingerprint density at radius 2 is 2.06 bits per heavy atom. The summed E-state index contributed by atoms with van der Waals surface area (Å²) in [6.45, 7) is 4.09. The van der Waals surface area contributed by atoms with Gasteiger partial charge in [0.2, 0.25) is 0 Å². The van der Waals surface area contributed by atoms with Crippen molar-refractivity contribution in [3.63, 3.8) is 0 Å². The zero-order valence-corrected chi connectivity index (χ0v) is 11.0. The molecule has 0 aliphatic rings. The molecular weight excluding hydrogens is 241 g/mol. The molecule has 1 unspecified atom stereocenters. The van der Waals surface area contributed by atoms with Gasteiger partial charge in [0.15, 0.2) is 0 Å². The Morgan fingerprint density at radius 1 is 1.41 bits per heavy atom. The van der Waals surface area contributed by atoms with Crippen LogP contribution in [-0.2, 0) is 6.42 Å². The SMILES string of the molecule is CC(C)c1cc(CCC(O)CN)cc(Cl)c1F. The average molecular weight is 260 g/mol. The first-order chi connectivity index (χ1) is 7.95. The van der Waals surface area contributed by atoms with Crippen LogP contribution in [0.25, 0.3) is 0 Å². The molecule has 0 heterocycles. The molecule has 0 saturated carbocycles. The number of nitrogens with two attached hydrogens (primary N) is 1. The van der Waals surface area contributed by atoms with Gasteiger partial charge in [-0.05, 0) is 36.0 Å². The molecule has 0 spiro atoms. The van der Waals surface area contributed by atoms with Crippen molar-refractivity contribution in [2.45, 2.75) is 38.7 Å². The van der Waals surface area contributed by atoms with Crippen LogP contribution in [0.5, 0.6) is 0 Å². The Bertz CT molecular complexity index is 382. The smallest absolute Gasteiger partial charge is 0.145 e. The third-order valence-electron chi connectivity index (χ3n) is 2.78. The van der Waals surface area contributed by atoms with Crippen LogP contribution in [0.3, 0.4) is 0 Å². The molecule has 1 aromatic carbocycles. The van der Waals surface area contributed by atoms with E-state index < -0.39 is 6.10 Å². The highest BCUT2D eigenvalue weighted by Crippen LogP contribution is 2.27. The van der Waals surface area contributed by atoms with Crippen LogP contribution in [0.15, 0.2) is 12.1 Å². The lowest BCUT2D eigenvalue weighted by Gasteiger charge is -2.12. The number of benzene rings is 1. The highest BCUT2D eigenvalue weighted by Gasteiger charge is 2.12. The van der Waals surface area contributed by atoms with E-state index in [0.29, 0.717) is 18.4 Å². The van der Waals surface area contributed by atoms with Gasteiger partial charge >= 0.3 is 0 Å². The van der Waals surface area contributed by atoms with Crippen molar-refractivity contribution in [3.05, 3.63) is 34.1 Å². The van der Waals surface area contributed by atoms with Crippen LogP contribution in [0.2, 0.25) is 5.02 Å². The molecule has 0 aromatic heterocycles. The molecule has 2 nitrogen and oxygen atoms in total. The monoisotopic (exact) mass is 259 g/mol. The maximum atomic E-state index is 13.7. The molecule has 0 fully saturated rings. The van der Waals surface area contributed by atoms with Gasteiger partial charge < -0.3 is 10.8 Å². The predicted octanol–water partition coefficient (Wildman–Crippen LogP) is 2.85. The predicted molar refractivity (Wildman–Crippen MR) is 68.9 cm³/mol. The molecule has 17 heavy (non-hydrogen) atoms. The summed E-state index contributed by atoms with van der Waals surface area (Å²) in [6, 6.07) is 3.43. The van der Waals surface area contributed by atoms with Gasteiger partial charge in [-0.2, -0.15) is 0 Å². The molecule has 0 radical (unpaired) electrons. The fraction of sp³-hybridized carbons (Fsp3) is 0.538. The van der Waals surface area contributed by atoms with Gasteiger partial charge in [0, 0.05) is 6.54 Å². The molecule has 0 aliphatic heterocycles. The van der Waals surface area contributed by atoms with Gasteiger partial charge in [-0.1, -0.05) is 31.5 Å². The zero-order chi connectivity index (χ0) is 13.0. The molecular formula is C13H19ClFNO. The molecule has 1 aromatic rings. The van der Waals surface area contributed by atoms with Crippen molar-refractivity contribution in [2.24, 2.45) is 5.73 Å². The molecule has 0 aliphatic carbocycles. The van der Waals surface area contributed by atoms with E-state index in [-0.39, 0.29) is 23.3 Å². The Balaban J connectivity index is 2.87. The number of rotatable bonds is 5. The van der Waals surface area contributed by atoms with Crippen molar-refractivity contribution >= 4 is 11.6 Å². The summed E-state index contributed by atoms with van der Waals surface area (Å²) in [5.41, 5.74) is 6.89. The minimum Gasteiger partial charge on any atom is -0.392 e. The summed E-state index contributed by atoms with van der Waals surface area (Å²) in [4.78, 5) is 0. The van der Waals surface area contributed by atoms with Crippen LogP contribution >= 0.6 is 11.6 Å². The summed E-state index contributed by atoms with van der Waals surface area (Å²) in [6.07, 6.45) is 0.704. The minimum atomic E-state index is -0.513. The van der Waals surface area contributed by atoms with E-state index in [0.717, 1.165) is 5.56 Å². The number of aliphatic hydroxyl groups excluding tert-OH is 1. The van der Waals surface area contributed by atoms with Gasteiger partial charge in [-0.25, -0.2) is 4.39 Å². The first kappa shape index (κ1) is 14.4. The standard InChI is InChI=1S/C13H19ClFNO/c1-8(2)11-5-9(3-4-10(17)7-16)6-12(14)13(11)15/h5-6,8,10,17H,3-4,7,16H2,1-2H3. The highest BCUT2D eigenvalue weighted by molar-refractivity contribution is 6.30. The van der Waals surface area contributed by atoms with Gasteiger partial charge in [-0.15, -0.1) is 0 Å². The van der Waals surface area contributed by atoms with E-state index in [9.17, 15) is 9.50 Å². The second-order valence-corrected chi connectivity index (χ2v) is 4.97. The molecule has 1 rings (SSSR count). The average Bonchev–Trinajstić information content (AvgIpc) is 2.29. The van der Waals surface area contributed by atoms with Gasteiger partial charge in [0.25, 0.3) is 0 Å². The number of hydrogen-bond donors (Lipinski definition) is 2. The molecule has 0 bridgehead atoms. The Morgan fingerprint density at radius 3 is 2.59 bits per heavy atom. The largest absolute Gasteiger partial charge is 0.392 e. The van der Waals surface area contributed by atoms with Crippen LogP contribution in [0, 0.1) is 5.82 Å². The minimum absolute atomic E-state index is 0.0897. The van der Waals surface area contributed by atoms with Crippen molar-refractivity contribution in [1.29, 1.82) is 0 Å². The quantitative estimate of drug-likeness (QED) is 0.854. The highest BCUT2D eigenvalue weighted by atomic mass is 35.5. The Kier molecular flexibility index (Phi) is 5.37. The summed E-state index contributed by atoms with van der Waals surface area (Å²) >= 11 is 5.85. The maximum Gasteiger partial charge on any atom is 0.145 e. The fourth-order valence-corrected chi connectivity index (χ4v) is 1.93. The van der Waals surface area contributed by atoms with E-state index in [1.54, 1.807) is 6.07 Å². The molecule has 4 heteroatoms. The third-order valence-corrected chi connectivity index (χ3v) is 3.05. The topological polar surface area (TPSA) is 46.2 Å². The lowest BCUT2D eigenvalue weighted by molar-refractivity contribution is 0.173. The lowest BCUT2D eigenvalue weighted by atomic mass is 9.97. The van der Waals surface area contributed by atoms with E-state index in [1.165, 1.54) is 0 Å². The summed E-state index contributed by atoms with van der Waals surface area (Å²) in [5, 5.41) is 9.54. The van der Waals surface area contributed by atoms with Crippen LogP contribution in [0.1, 0.15) is 37.3 Å². The lowest BCUT2D eigenvalue weighted by Crippen LogP contribution is -2.20. The second kappa shape index (κ2) is 6.34. The Hall–Kier alpha value is -0.640. The molecule has 0 amide bonds.